The molecule has 0 radical (unpaired) electrons. The highest BCUT2D eigenvalue weighted by atomic mass is 16.5. The van der Waals surface area contributed by atoms with Gasteiger partial charge in [0, 0.05) is 12.6 Å². The van der Waals surface area contributed by atoms with E-state index in [1.165, 1.54) is 25.5 Å². The van der Waals surface area contributed by atoms with Crippen LogP contribution in [0.3, 0.4) is 0 Å². The van der Waals surface area contributed by atoms with Crippen LogP contribution >= 0.6 is 0 Å². The molecule has 3 heteroatoms. The first-order chi connectivity index (χ1) is 8.81. The quantitative estimate of drug-likeness (QED) is 0.803. The van der Waals surface area contributed by atoms with Crippen LogP contribution in [0.1, 0.15) is 31.2 Å². The summed E-state index contributed by atoms with van der Waals surface area (Å²) in [5.41, 5.74) is 1.29. The molecule has 1 aliphatic heterocycles. The van der Waals surface area contributed by atoms with Crippen molar-refractivity contribution in [1.29, 1.82) is 0 Å². The highest BCUT2D eigenvalue weighted by Gasteiger charge is 2.25. The van der Waals surface area contributed by atoms with Gasteiger partial charge in [0.05, 0.1) is 7.11 Å². The second kappa shape index (κ2) is 6.43. The Hall–Kier alpha value is -1.51. The molecule has 3 nitrogen and oxygen atoms in total. The van der Waals surface area contributed by atoms with Crippen molar-refractivity contribution >= 4 is 6.09 Å². The third kappa shape index (κ3) is 3.25. The van der Waals surface area contributed by atoms with E-state index in [4.69, 9.17) is 4.74 Å². The Labute approximate surface area is 109 Å². The number of carbonyl (C=O) groups is 1. The number of ether oxygens (including phenoxy) is 1. The predicted molar refractivity (Wildman–Crippen MR) is 71.5 cm³/mol. The fraction of sp³-hybridized carbons (Fsp3) is 0.533. The average Bonchev–Trinajstić information content (AvgIpc) is 2.64. The lowest BCUT2D eigenvalue weighted by molar-refractivity contribution is 0.106. The smallest absolute Gasteiger partial charge is 0.409 e. The second-order valence-electron chi connectivity index (χ2n) is 4.86. The highest BCUT2D eigenvalue weighted by Crippen LogP contribution is 2.21. The number of hydrogen-bond acceptors (Lipinski definition) is 2. The van der Waals surface area contributed by atoms with E-state index in [1.807, 2.05) is 11.0 Å². The lowest BCUT2D eigenvalue weighted by atomic mass is 10.0. The van der Waals surface area contributed by atoms with Crippen molar-refractivity contribution in [2.45, 2.75) is 38.1 Å². The number of likely N-dealkylation sites (tertiary alicyclic amines) is 1. The Balaban J connectivity index is 2.08. The third-order valence-corrected chi connectivity index (χ3v) is 3.60. The summed E-state index contributed by atoms with van der Waals surface area (Å²) in [6.45, 7) is 0.824. The normalized spacial score (nSPS) is 20.3. The first-order valence-corrected chi connectivity index (χ1v) is 6.70. The van der Waals surface area contributed by atoms with Crippen molar-refractivity contribution in [3.8, 4) is 0 Å². The Kier molecular flexibility index (Phi) is 4.62. The van der Waals surface area contributed by atoms with Gasteiger partial charge in [-0.05, 0) is 24.8 Å². The van der Waals surface area contributed by atoms with Gasteiger partial charge in [0.2, 0.25) is 0 Å². The van der Waals surface area contributed by atoms with Crippen molar-refractivity contribution < 1.29 is 9.53 Å². The second-order valence-corrected chi connectivity index (χ2v) is 4.86. The fourth-order valence-corrected chi connectivity index (χ4v) is 2.63. The summed E-state index contributed by atoms with van der Waals surface area (Å²) in [7, 11) is 1.47. The maximum Gasteiger partial charge on any atom is 0.409 e. The Morgan fingerprint density at radius 1 is 1.28 bits per heavy atom. The van der Waals surface area contributed by atoms with E-state index in [-0.39, 0.29) is 12.1 Å². The van der Waals surface area contributed by atoms with Crippen LogP contribution in [0.4, 0.5) is 4.79 Å². The number of amides is 1. The molecule has 0 aliphatic carbocycles. The van der Waals surface area contributed by atoms with E-state index in [1.54, 1.807) is 0 Å². The van der Waals surface area contributed by atoms with E-state index >= 15 is 0 Å². The molecule has 0 bridgehead atoms. The molecule has 2 rings (SSSR count). The summed E-state index contributed by atoms with van der Waals surface area (Å²) in [5.74, 6) is 0. The van der Waals surface area contributed by atoms with Gasteiger partial charge >= 0.3 is 6.09 Å². The van der Waals surface area contributed by atoms with Crippen LogP contribution < -0.4 is 0 Å². The molecular formula is C15H21NO2. The lowest BCUT2D eigenvalue weighted by Gasteiger charge is -2.28. The van der Waals surface area contributed by atoms with E-state index in [2.05, 4.69) is 24.3 Å². The molecule has 1 fully saturated rings. The van der Waals surface area contributed by atoms with Crippen LogP contribution in [0.25, 0.3) is 0 Å². The van der Waals surface area contributed by atoms with Crippen molar-refractivity contribution in [3.05, 3.63) is 35.9 Å². The molecule has 1 atom stereocenters. The third-order valence-electron chi connectivity index (χ3n) is 3.60. The number of nitrogens with zero attached hydrogens (tertiary/aromatic N) is 1. The van der Waals surface area contributed by atoms with Crippen LogP contribution in [0.15, 0.2) is 30.3 Å². The van der Waals surface area contributed by atoms with E-state index in [0.29, 0.717) is 0 Å². The van der Waals surface area contributed by atoms with Gasteiger partial charge in [-0.2, -0.15) is 0 Å². The average molecular weight is 247 g/mol. The Morgan fingerprint density at radius 3 is 2.78 bits per heavy atom. The largest absolute Gasteiger partial charge is 0.453 e. The monoisotopic (exact) mass is 247 g/mol. The minimum Gasteiger partial charge on any atom is -0.453 e. The SMILES string of the molecule is COC(=O)N1CCCCCC1Cc1ccccc1. The molecule has 0 N–H and O–H groups in total. The minimum absolute atomic E-state index is 0.183. The molecule has 0 aromatic heterocycles. The number of carbonyl (C=O) groups excluding carboxylic acids is 1. The minimum atomic E-state index is -0.183. The molecule has 18 heavy (non-hydrogen) atoms. The van der Waals surface area contributed by atoms with Gasteiger partial charge < -0.3 is 9.64 Å². The number of rotatable bonds is 2. The molecule has 1 aromatic rings. The summed E-state index contributed by atoms with van der Waals surface area (Å²) in [4.78, 5) is 13.7. The van der Waals surface area contributed by atoms with Crippen LogP contribution in [0, 0.1) is 0 Å². The van der Waals surface area contributed by atoms with Crippen molar-refractivity contribution in [2.24, 2.45) is 0 Å². The molecule has 1 aromatic carbocycles. The zero-order valence-corrected chi connectivity index (χ0v) is 11.0. The van der Waals surface area contributed by atoms with Gasteiger partial charge in [0.1, 0.15) is 0 Å². The Bertz CT molecular complexity index is 377. The van der Waals surface area contributed by atoms with Crippen LogP contribution in [0.5, 0.6) is 0 Å². The van der Waals surface area contributed by atoms with Gasteiger partial charge in [0.15, 0.2) is 0 Å². The standard InChI is InChI=1S/C15H21NO2/c1-18-15(17)16-11-7-3-6-10-14(16)12-13-8-4-2-5-9-13/h2,4-5,8-9,14H,3,6-7,10-12H2,1H3. The molecule has 0 spiro atoms. The molecule has 1 amide bonds. The number of methoxy groups -OCH3 is 1. The number of hydrogen-bond donors (Lipinski definition) is 0. The van der Waals surface area contributed by atoms with E-state index < -0.39 is 0 Å². The van der Waals surface area contributed by atoms with Gasteiger partial charge in [-0.1, -0.05) is 43.2 Å². The maximum atomic E-state index is 11.8. The zero-order valence-electron chi connectivity index (χ0n) is 11.0. The van der Waals surface area contributed by atoms with Crippen LogP contribution in [-0.2, 0) is 11.2 Å². The van der Waals surface area contributed by atoms with Crippen molar-refractivity contribution in [2.75, 3.05) is 13.7 Å². The predicted octanol–water partition coefficient (Wildman–Crippen LogP) is 3.24. The first-order valence-electron chi connectivity index (χ1n) is 6.70. The topological polar surface area (TPSA) is 29.5 Å². The summed E-state index contributed by atoms with van der Waals surface area (Å²) in [6.07, 6.45) is 5.31. The van der Waals surface area contributed by atoms with Gasteiger partial charge in [-0.3, -0.25) is 0 Å². The zero-order chi connectivity index (χ0) is 12.8. The fourth-order valence-electron chi connectivity index (χ4n) is 2.63. The van der Waals surface area contributed by atoms with E-state index in [9.17, 15) is 4.79 Å². The van der Waals surface area contributed by atoms with Gasteiger partial charge in [0.25, 0.3) is 0 Å². The maximum absolute atomic E-state index is 11.8. The van der Waals surface area contributed by atoms with Crippen molar-refractivity contribution in [3.63, 3.8) is 0 Å². The summed E-state index contributed by atoms with van der Waals surface area (Å²) < 4.78 is 4.90. The van der Waals surface area contributed by atoms with Crippen LogP contribution in [0.2, 0.25) is 0 Å². The van der Waals surface area contributed by atoms with Gasteiger partial charge in [-0.25, -0.2) is 4.79 Å². The molecule has 1 heterocycles. The summed E-state index contributed by atoms with van der Waals surface area (Å²) in [6, 6.07) is 10.7. The van der Waals surface area contributed by atoms with Crippen molar-refractivity contribution in [1.82, 2.24) is 4.90 Å². The number of benzene rings is 1. The highest BCUT2D eigenvalue weighted by molar-refractivity contribution is 5.67. The first kappa shape index (κ1) is 12.9. The molecular weight excluding hydrogens is 226 g/mol. The van der Waals surface area contributed by atoms with Crippen LogP contribution in [-0.4, -0.2) is 30.7 Å². The molecule has 98 valence electrons. The summed E-state index contributed by atoms with van der Waals surface area (Å²) >= 11 is 0. The van der Waals surface area contributed by atoms with E-state index in [0.717, 1.165) is 25.8 Å². The molecule has 0 saturated carbocycles. The molecule has 1 saturated heterocycles. The molecule has 1 aliphatic rings. The van der Waals surface area contributed by atoms with Gasteiger partial charge in [-0.15, -0.1) is 0 Å². The summed E-state index contributed by atoms with van der Waals surface area (Å²) in [5, 5.41) is 0. The lowest BCUT2D eigenvalue weighted by Crippen LogP contribution is -2.41. The molecule has 1 unspecified atom stereocenters. The Morgan fingerprint density at radius 2 is 2.06 bits per heavy atom.